The lowest BCUT2D eigenvalue weighted by atomic mass is 10.3. The fourth-order valence-electron chi connectivity index (χ4n) is 1.14. The molecule has 1 N–H and O–H groups in total. The molecule has 2 rings (SSSR count). The third kappa shape index (κ3) is 2.00. The van der Waals surface area contributed by atoms with E-state index in [1.165, 1.54) is 16.9 Å². The number of halogens is 2. The van der Waals surface area contributed by atoms with Gasteiger partial charge >= 0.3 is 5.97 Å². The van der Waals surface area contributed by atoms with E-state index in [2.05, 4.69) is 10.1 Å². The number of carboxylic acids is 1. The number of aromatic carboxylic acids is 1. The molecule has 5 nitrogen and oxygen atoms in total. The van der Waals surface area contributed by atoms with Gasteiger partial charge in [-0.3, -0.25) is 0 Å². The Labute approximate surface area is 100 Å². The van der Waals surface area contributed by atoms with Gasteiger partial charge in [-0.25, -0.2) is 14.5 Å². The summed E-state index contributed by atoms with van der Waals surface area (Å²) in [4.78, 5) is 14.6. The molecule has 0 aliphatic rings. The Hall–Kier alpha value is -1.59. The third-order valence-electron chi connectivity index (χ3n) is 1.84. The number of nitrogens with zero attached hydrogens (tertiary/aromatic N) is 3. The molecule has 2 aromatic rings. The topological polar surface area (TPSA) is 68.0 Å². The minimum absolute atomic E-state index is 0.0204. The van der Waals surface area contributed by atoms with Gasteiger partial charge in [0.2, 0.25) is 0 Å². The minimum atomic E-state index is -1.08. The number of pyridine rings is 1. The highest BCUT2D eigenvalue weighted by atomic mass is 35.5. The second-order valence-corrected chi connectivity index (χ2v) is 3.71. The molecule has 0 aromatic carbocycles. The first-order valence-corrected chi connectivity index (χ1v) is 4.94. The first kappa shape index (κ1) is 10.9. The van der Waals surface area contributed by atoms with Crippen molar-refractivity contribution in [2.75, 3.05) is 0 Å². The van der Waals surface area contributed by atoms with Crippen LogP contribution in [0.5, 0.6) is 0 Å². The van der Waals surface area contributed by atoms with Crippen molar-refractivity contribution in [2.24, 2.45) is 0 Å². The first-order valence-electron chi connectivity index (χ1n) is 4.18. The van der Waals surface area contributed by atoms with Crippen LogP contribution in [-0.4, -0.2) is 25.8 Å². The number of carboxylic acid groups (broad SMARTS) is 1. The smallest absolute Gasteiger partial charge is 0.337 e. The Morgan fingerprint density at radius 3 is 2.69 bits per heavy atom. The second-order valence-electron chi connectivity index (χ2n) is 2.92. The molecule has 0 aliphatic heterocycles. The summed E-state index contributed by atoms with van der Waals surface area (Å²) in [6.07, 6.45) is 2.79. The molecule has 0 fully saturated rings. The van der Waals surface area contributed by atoms with Crippen LogP contribution in [0.2, 0.25) is 10.2 Å². The standard InChI is InChI=1S/C9H5Cl2N3O2/c10-6-3-5(9(15)16)4-12-8(6)14-2-1-7(11)13-14/h1-4H,(H,15,16). The van der Waals surface area contributed by atoms with E-state index >= 15 is 0 Å². The van der Waals surface area contributed by atoms with Gasteiger partial charge in [0.1, 0.15) is 0 Å². The lowest BCUT2D eigenvalue weighted by Crippen LogP contribution is -2.03. The van der Waals surface area contributed by atoms with Crippen molar-refractivity contribution < 1.29 is 9.90 Å². The van der Waals surface area contributed by atoms with Crippen LogP contribution in [-0.2, 0) is 0 Å². The van der Waals surface area contributed by atoms with Gasteiger partial charge in [0.15, 0.2) is 11.0 Å². The van der Waals surface area contributed by atoms with Crippen LogP contribution in [0.3, 0.4) is 0 Å². The Morgan fingerprint density at radius 1 is 1.44 bits per heavy atom. The van der Waals surface area contributed by atoms with Crippen LogP contribution < -0.4 is 0 Å². The van der Waals surface area contributed by atoms with E-state index in [1.54, 1.807) is 12.3 Å². The second kappa shape index (κ2) is 4.11. The fraction of sp³-hybridized carbons (Fsp3) is 0. The summed E-state index contributed by atoms with van der Waals surface area (Å²) in [7, 11) is 0. The zero-order chi connectivity index (χ0) is 11.7. The predicted octanol–water partition coefficient (Wildman–Crippen LogP) is 2.27. The molecule has 7 heteroatoms. The Kier molecular flexibility index (Phi) is 2.80. The summed E-state index contributed by atoms with van der Waals surface area (Å²) in [5.41, 5.74) is 0.0204. The summed E-state index contributed by atoms with van der Waals surface area (Å²) < 4.78 is 1.37. The van der Waals surface area contributed by atoms with Gasteiger partial charge in [-0.2, -0.15) is 5.10 Å². The van der Waals surface area contributed by atoms with Gasteiger partial charge in [0.25, 0.3) is 0 Å². The average Bonchev–Trinajstić information content (AvgIpc) is 2.64. The molecule has 0 amide bonds. The van der Waals surface area contributed by atoms with Crippen LogP contribution in [0.4, 0.5) is 0 Å². The lowest BCUT2D eigenvalue weighted by Gasteiger charge is -2.03. The zero-order valence-corrected chi connectivity index (χ0v) is 9.27. The summed E-state index contributed by atoms with van der Waals surface area (Å²) in [6, 6.07) is 2.88. The molecule has 16 heavy (non-hydrogen) atoms. The van der Waals surface area contributed by atoms with Crippen molar-refractivity contribution >= 4 is 29.2 Å². The van der Waals surface area contributed by atoms with Crippen molar-refractivity contribution in [3.8, 4) is 5.82 Å². The summed E-state index contributed by atoms with van der Waals surface area (Å²) in [5.74, 6) is -0.752. The molecule has 82 valence electrons. The largest absolute Gasteiger partial charge is 0.478 e. The number of carbonyl (C=O) groups is 1. The molecular formula is C9H5Cl2N3O2. The molecule has 0 aliphatic carbocycles. The van der Waals surface area contributed by atoms with Crippen LogP contribution in [0.25, 0.3) is 5.82 Å². The lowest BCUT2D eigenvalue weighted by molar-refractivity contribution is 0.0696. The van der Waals surface area contributed by atoms with Crippen LogP contribution >= 0.6 is 23.2 Å². The number of hydrogen-bond acceptors (Lipinski definition) is 3. The third-order valence-corrected chi connectivity index (χ3v) is 2.32. The van der Waals surface area contributed by atoms with Gasteiger partial charge < -0.3 is 5.11 Å². The first-order chi connectivity index (χ1) is 7.58. The quantitative estimate of drug-likeness (QED) is 0.897. The molecule has 0 bridgehead atoms. The molecule has 0 radical (unpaired) electrons. The van der Waals surface area contributed by atoms with Crippen molar-refractivity contribution in [3.05, 3.63) is 40.3 Å². The van der Waals surface area contributed by atoms with Crippen molar-refractivity contribution in [1.29, 1.82) is 0 Å². The van der Waals surface area contributed by atoms with E-state index in [0.717, 1.165) is 0 Å². The van der Waals surface area contributed by atoms with Gasteiger partial charge in [-0.05, 0) is 12.1 Å². The van der Waals surface area contributed by atoms with E-state index in [-0.39, 0.29) is 10.6 Å². The Morgan fingerprint density at radius 2 is 2.19 bits per heavy atom. The fourth-order valence-corrected chi connectivity index (χ4v) is 1.53. The number of hydrogen-bond donors (Lipinski definition) is 1. The normalized spacial score (nSPS) is 10.4. The highest BCUT2D eigenvalue weighted by molar-refractivity contribution is 6.32. The van der Waals surface area contributed by atoms with Crippen molar-refractivity contribution in [3.63, 3.8) is 0 Å². The summed E-state index contributed by atoms with van der Waals surface area (Å²) in [5, 5.41) is 13.1. The molecule has 0 atom stereocenters. The Balaban J connectivity index is 2.47. The van der Waals surface area contributed by atoms with Crippen LogP contribution in [0.15, 0.2) is 24.5 Å². The maximum atomic E-state index is 10.7. The average molecular weight is 258 g/mol. The highest BCUT2D eigenvalue weighted by Gasteiger charge is 2.10. The van der Waals surface area contributed by atoms with Crippen LogP contribution in [0, 0.1) is 0 Å². The number of rotatable bonds is 2. The highest BCUT2D eigenvalue weighted by Crippen LogP contribution is 2.19. The predicted molar refractivity (Wildman–Crippen MR) is 58.3 cm³/mol. The molecule has 0 saturated heterocycles. The summed E-state index contributed by atoms with van der Waals surface area (Å²) in [6.45, 7) is 0. The van der Waals surface area contributed by atoms with Gasteiger partial charge in [-0.15, -0.1) is 0 Å². The van der Waals surface area contributed by atoms with Crippen molar-refractivity contribution in [2.45, 2.75) is 0 Å². The zero-order valence-electron chi connectivity index (χ0n) is 7.76. The number of aromatic nitrogens is 3. The molecule has 2 aromatic heterocycles. The Bertz CT molecular complexity index is 553. The summed E-state index contributed by atoms with van der Waals surface area (Å²) >= 11 is 11.5. The van der Waals surface area contributed by atoms with Gasteiger partial charge in [0, 0.05) is 12.4 Å². The van der Waals surface area contributed by atoms with Crippen LogP contribution in [0.1, 0.15) is 10.4 Å². The minimum Gasteiger partial charge on any atom is -0.478 e. The van der Waals surface area contributed by atoms with E-state index in [1.807, 2.05) is 0 Å². The molecule has 2 heterocycles. The maximum absolute atomic E-state index is 10.7. The molecule has 0 spiro atoms. The van der Waals surface area contributed by atoms with E-state index in [0.29, 0.717) is 11.0 Å². The molecule has 0 unspecified atom stereocenters. The maximum Gasteiger partial charge on any atom is 0.337 e. The van der Waals surface area contributed by atoms with Crippen molar-refractivity contribution in [1.82, 2.24) is 14.8 Å². The molecular weight excluding hydrogens is 253 g/mol. The van der Waals surface area contributed by atoms with E-state index < -0.39 is 5.97 Å². The molecule has 0 saturated carbocycles. The van der Waals surface area contributed by atoms with Gasteiger partial charge in [0.05, 0.1) is 10.6 Å². The van der Waals surface area contributed by atoms with Gasteiger partial charge in [-0.1, -0.05) is 23.2 Å². The SMILES string of the molecule is O=C(O)c1cnc(-n2ccc(Cl)n2)c(Cl)c1. The van der Waals surface area contributed by atoms with E-state index in [4.69, 9.17) is 28.3 Å². The monoisotopic (exact) mass is 257 g/mol. The van der Waals surface area contributed by atoms with E-state index in [9.17, 15) is 4.79 Å².